The van der Waals surface area contributed by atoms with Crippen LogP contribution in [0.5, 0.6) is 0 Å². The van der Waals surface area contributed by atoms with Crippen molar-refractivity contribution in [1.29, 1.82) is 0 Å². The number of para-hydroxylation sites is 1. The van der Waals surface area contributed by atoms with E-state index < -0.39 is 11.6 Å². The molecule has 5 rings (SSSR count). The van der Waals surface area contributed by atoms with E-state index >= 15 is 0 Å². The number of fused-ring (bicyclic) bond motifs is 1. The van der Waals surface area contributed by atoms with Gasteiger partial charge in [0.05, 0.1) is 11.0 Å². The van der Waals surface area contributed by atoms with Gasteiger partial charge in [-0.05, 0) is 49.0 Å². The van der Waals surface area contributed by atoms with Gasteiger partial charge in [-0.15, -0.1) is 0 Å². The van der Waals surface area contributed by atoms with Crippen LogP contribution in [0, 0.1) is 5.92 Å². The summed E-state index contributed by atoms with van der Waals surface area (Å²) in [6.07, 6.45) is 5.64. The third-order valence-electron chi connectivity index (χ3n) is 6.56. The van der Waals surface area contributed by atoms with Gasteiger partial charge in [0.1, 0.15) is 5.54 Å². The Morgan fingerprint density at radius 1 is 0.968 bits per heavy atom. The summed E-state index contributed by atoms with van der Waals surface area (Å²) in [5, 5.41) is 5.47. The highest BCUT2D eigenvalue weighted by atomic mass is 16.2. The average Bonchev–Trinajstić information content (AvgIpc) is 3.08. The first-order chi connectivity index (χ1) is 15.1. The fraction of sp³-hybridized carbons (Fsp3) is 0.333. The molecular formula is C24H25N5O2. The zero-order valence-electron chi connectivity index (χ0n) is 17.3. The van der Waals surface area contributed by atoms with Crippen LogP contribution < -0.4 is 10.6 Å². The molecule has 1 unspecified atom stereocenters. The maximum atomic E-state index is 12.9. The van der Waals surface area contributed by atoms with Crippen LogP contribution in [-0.2, 0) is 17.8 Å². The molecule has 2 fully saturated rings. The summed E-state index contributed by atoms with van der Waals surface area (Å²) in [5.74, 6) is -0.119. The van der Waals surface area contributed by atoms with Gasteiger partial charge in [0.25, 0.3) is 5.91 Å². The Morgan fingerprint density at radius 2 is 1.74 bits per heavy atom. The van der Waals surface area contributed by atoms with Crippen molar-refractivity contribution in [2.75, 3.05) is 13.1 Å². The molecule has 0 radical (unpaired) electrons. The second-order valence-electron chi connectivity index (χ2n) is 8.43. The van der Waals surface area contributed by atoms with Crippen LogP contribution in [0.3, 0.4) is 0 Å². The molecule has 31 heavy (non-hydrogen) atoms. The molecule has 1 atom stereocenters. The lowest BCUT2D eigenvalue weighted by Crippen LogP contribution is -2.57. The molecule has 3 aromatic rings. The van der Waals surface area contributed by atoms with Crippen LogP contribution in [0.2, 0.25) is 0 Å². The van der Waals surface area contributed by atoms with E-state index in [0.29, 0.717) is 6.42 Å². The standard InChI is InChI=1S/C24H25N5O2/c30-22-24(28-23(31)27-22,15-17-5-2-1-3-6-17)19-9-13-29(14-10-19)16-18-7-4-8-20-21(18)26-12-11-25-20/h1-8,11-12,19H,9-10,13-16H2,(H2,27,28,30,31). The summed E-state index contributed by atoms with van der Waals surface area (Å²) in [6.45, 7) is 2.52. The van der Waals surface area contributed by atoms with Crippen LogP contribution in [-0.4, -0.2) is 45.4 Å². The third kappa shape index (κ3) is 3.77. The van der Waals surface area contributed by atoms with Crippen molar-refractivity contribution in [2.45, 2.75) is 31.3 Å². The van der Waals surface area contributed by atoms with Crippen molar-refractivity contribution in [3.05, 3.63) is 72.1 Å². The molecule has 2 aliphatic heterocycles. The highest BCUT2D eigenvalue weighted by molar-refractivity contribution is 6.07. The molecule has 3 heterocycles. The van der Waals surface area contributed by atoms with Gasteiger partial charge in [-0.2, -0.15) is 0 Å². The molecule has 0 bridgehead atoms. The Bertz CT molecular complexity index is 1110. The highest BCUT2D eigenvalue weighted by Gasteiger charge is 2.52. The number of nitrogens with one attached hydrogen (secondary N) is 2. The van der Waals surface area contributed by atoms with Gasteiger partial charge in [0.15, 0.2) is 0 Å². The number of imide groups is 1. The van der Waals surface area contributed by atoms with Crippen molar-refractivity contribution in [3.8, 4) is 0 Å². The number of urea groups is 1. The van der Waals surface area contributed by atoms with Gasteiger partial charge in [0, 0.05) is 25.4 Å². The normalized spacial score (nSPS) is 22.5. The van der Waals surface area contributed by atoms with Gasteiger partial charge < -0.3 is 5.32 Å². The molecule has 3 amide bonds. The van der Waals surface area contributed by atoms with Gasteiger partial charge >= 0.3 is 6.03 Å². The smallest absolute Gasteiger partial charge is 0.322 e. The van der Waals surface area contributed by atoms with Crippen molar-refractivity contribution >= 4 is 23.0 Å². The van der Waals surface area contributed by atoms with E-state index in [1.807, 2.05) is 42.5 Å². The van der Waals surface area contributed by atoms with Gasteiger partial charge in [-0.25, -0.2) is 4.79 Å². The number of rotatable bonds is 5. The molecule has 158 valence electrons. The molecule has 2 aromatic carbocycles. The minimum Gasteiger partial charge on any atom is -0.323 e. The maximum absolute atomic E-state index is 12.9. The number of hydrogen-bond donors (Lipinski definition) is 2. The fourth-order valence-corrected chi connectivity index (χ4v) is 4.98. The molecule has 2 aliphatic rings. The maximum Gasteiger partial charge on any atom is 0.322 e. The Labute approximate surface area is 180 Å². The Hall–Kier alpha value is -3.32. The van der Waals surface area contributed by atoms with Gasteiger partial charge in [-0.1, -0.05) is 42.5 Å². The number of carbonyl (C=O) groups is 2. The zero-order valence-corrected chi connectivity index (χ0v) is 17.3. The second-order valence-corrected chi connectivity index (χ2v) is 8.43. The van der Waals surface area contributed by atoms with Gasteiger partial charge in [-0.3, -0.25) is 25.0 Å². The summed E-state index contributed by atoms with van der Waals surface area (Å²) in [4.78, 5) is 36.3. The molecule has 0 saturated carbocycles. The van der Waals surface area contributed by atoms with Crippen molar-refractivity contribution < 1.29 is 9.59 Å². The quantitative estimate of drug-likeness (QED) is 0.626. The SMILES string of the molecule is O=C1NC(=O)C(Cc2ccccc2)(C2CCN(Cc3cccc4nccnc34)CC2)N1. The summed E-state index contributed by atoms with van der Waals surface area (Å²) in [7, 11) is 0. The number of benzene rings is 2. The molecule has 0 aliphatic carbocycles. The Morgan fingerprint density at radius 3 is 2.48 bits per heavy atom. The van der Waals surface area contributed by atoms with Crippen molar-refractivity contribution in [1.82, 2.24) is 25.5 Å². The summed E-state index contributed by atoms with van der Waals surface area (Å²) in [6, 6.07) is 15.6. The molecule has 7 nitrogen and oxygen atoms in total. The van der Waals surface area contributed by atoms with E-state index in [0.717, 1.165) is 54.6 Å². The first kappa shape index (κ1) is 19.6. The number of likely N-dealkylation sites (tertiary alicyclic amines) is 1. The lowest BCUT2D eigenvalue weighted by molar-refractivity contribution is -0.126. The van der Waals surface area contributed by atoms with E-state index in [2.05, 4.69) is 31.6 Å². The first-order valence-corrected chi connectivity index (χ1v) is 10.7. The average molecular weight is 415 g/mol. The molecule has 2 saturated heterocycles. The third-order valence-corrected chi connectivity index (χ3v) is 6.56. The predicted molar refractivity (Wildman–Crippen MR) is 117 cm³/mol. The van der Waals surface area contributed by atoms with Crippen LogP contribution in [0.15, 0.2) is 60.9 Å². The number of carbonyl (C=O) groups excluding carboxylic acids is 2. The van der Waals surface area contributed by atoms with E-state index in [9.17, 15) is 9.59 Å². The zero-order chi connectivity index (χ0) is 21.3. The number of aromatic nitrogens is 2. The molecule has 1 aromatic heterocycles. The summed E-state index contributed by atoms with van der Waals surface area (Å²) in [5.41, 5.74) is 3.18. The second kappa shape index (κ2) is 8.07. The minimum absolute atomic E-state index is 0.0858. The fourth-order valence-electron chi connectivity index (χ4n) is 4.98. The topological polar surface area (TPSA) is 87.2 Å². The van der Waals surface area contributed by atoms with Crippen LogP contribution >= 0.6 is 0 Å². The first-order valence-electron chi connectivity index (χ1n) is 10.7. The van der Waals surface area contributed by atoms with Crippen LogP contribution in [0.1, 0.15) is 24.0 Å². The summed E-state index contributed by atoms with van der Waals surface area (Å²) >= 11 is 0. The molecular weight excluding hydrogens is 390 g/mol. The summed E-state index contributed by atoms with van der Waals surface area (Å²) < 4.78 is 0. The molecule has 0 spiro atoms. The number of amides is 3. The largest absolute Gasteiger partial charge is 0.323 e. The Kier molecular flexibility index (Phi) is 5.11. The van der Waals surface area contributed by atoms with Crippen LogP contribution in [0.4, 0.5) is 4.79 Å². The van der Waals surface area contributed by atoms with E-state index in [1.165, 1.54) is 0 Å². The molecule has 2 N–H and O–H groups in total. The lowest BCUT2D eigenvalue weighted by atomic mass is 9.74. The van der Waals surface area contributed by atoms with Crippen molar-refractivity contribution in [3.63, 3.8) is 0 Å². The highest BCUT2D eigenvalue weighted by Crippen LogP contribution is 2.34. The van der Waals surface area contributed by atoms with Crippen LogP contribution in [0.25, 0.3) is 11.0 Å². The monoisotopic (exact) mass is 415 g/mol. The number of nitrogens with zero attached hydrogens (tertiary/aromatic N) is 3. The minimum atomic E-state index is -0.880. The molecule has 7 heteroatoms. The van der Waals surface area contributed by atoms with E-state index in [4.69, 9.17) is 0 Å². The Balaban J connectivity index is 1.32. The van der Waals surface area contributed by atoms with E-state index in [-0.39, 0.29) is 11.8 Å². The number of hydrogen-bond acceptors (Lipinski definition) is 5. The van der Waals surface area contributed by atoms with Gasteiger partial charge in [0.2, 0.25) is 0 Å². The number of piperidine rings is 1. The van der Waals surface area contributed by atoms with Crippen molar-refractivity contribution in [2.24, 2.45) is 5.92 Å². The van der Waals surface area contributed by atoms with E-state index in [1.54, 1.807) is 12.4 Å². The lowest BCUT2D eigenvalue weighted by Gasteiger charge is -2.40. The predicted octanol–water partition coefficient (Wildman–Crippen LogP) is 2.66.